The fourth-order valence-electron chi connectivity index (χ4n) is 3.93. The number of carbonyl (C=O) groups is 1. The number of fused-ring (bicyclic) bond motifs is 1. The van der Waals surface area contributed by atoms with E-state index in [2.05, 4.69) is 42.3 Å². The number of anilines is 1. The Morgan fingerprint density at radius 2 is 1.97 bits per heavy atom. The van der Waals surface area contributed by atoms with Gasteiger partial charge in [-0.3, -0.25) is 4.79 Å². The van der Waals surface area contributed by atoms with Crippen molar-refractivity contribution < 1.29 is 13.9 Å². The number of allylic oxidation sites excluding steroid dienone is 1. The largest absolute Gasteiger partial charge is 0.497 e. The van der Waals surface area contributed by atoms with Gasteiger partial charge in [0.25, 0.3) is 0 Å². The maximum Gasteiger partial charge on any atom is 0.244 e. The summed E-state index contributed by atoms with van der Waals surface area (Å²) in [5, 5.41) is 3.95. The lowest BCUT2D eigenvalue weighted by atomic mass is 9.88. The Bertz CT molecular complexity index is 994. The SMILES string of the molecule is CCN1c2cc(F)c(/C=N/NC(=O)Cc3ccc(OC)cc3)cc2C(C)=CC1(C)C. The van der Waals surface area contributed by atoms with E-state index in [9.17, 15) is 9.18 Å². The third kappa shape index (κ3) is 4.53. The molecular formula is C24H28FN3O2. The molecule has 1 N–H and O–H groups in total. The molecule has 0 aromatic heterocycles. The smallest absolute Gasteiger partial charge is 0.244 e. The van der Waals surface area contributed by atoms with Gasteiger partial charge >= 0.3 is 0 Å². The van der Waals surface area contributed by atoms with Gasteiger partial charge in [-0.15, -0.1) is 0 Å². The van der Waals surface area contributed by atoms with Gasteiger partial charge in [-0.05, 0) is 63.1 Å². The molecule has 0 aliphatic carbocycles. The molecular weight excluding hydrogens is 381 g/mol. The Hall–Kier alpha value is -3.15. The molecule has 0 saturated carbocycles. The van der Waals surface area contributed by atoms with Crippen LogP contribution in [0.15, 0.2) is 47.6 Å². The number of rotatable bonds is 6. The van der Waals surface area contributed by atoms with E-state index < -0.39 is 0 Å². The van der Waals surface area contributed by atoms with Gasteiger partial charge in [-0.1, -0.05) is 18.2 Å². The van der Waals surface area contributed by atoms with Gasteiger partial charge in [-0.25, -0.2) is 9.82 Å². The number of ether oxygens (including phenoxy) is 1. The van der Waals surface area contributed by atoms with Crippen molar-refractivity contribution in [1.29, 1.82) is 0 Å². The first-order valence-electron chi connectivity index (χ1n) is 10.0. The number of hydrazone groups is 1. The van der Waals surface area contributed by atoms with E-state index in [1.807, 2.05) is 19.1 Å². The Kier molecular flexibility index (Phi) is 6.25. The van der Waals surface area contributed by atoms with Gasteiger partial charge in [0.2, 0.25) is 5.91 Å². The Morgan fingerprint density at radius 1 is 1.27 bits per heavy atom. The van der Waals surface area contributed by atoms with Crippen LogP contribution in [-0.2, 0) is 11.2 Å². The van der Waals surface area contributed by atoms with E-state index in [0.29, 0.717) is 5.56 Å². The van der Waals surface area contributed by atoms with Crippen molar-refractivity contribution in [3.63, 3.8) is 0 Å². The molecule has 0 unspecified atom stereocenters. The molecule has 30 heavy (non-hydrogen) atoms. The van der Waals surface area contributed by atoms with Gasteiger partial charge < -0.3 is 9.64 Å². The van der Waals surface area contributed by atoms with Crippen molar-refractivity contribution >= 4 is 23.4 Å². The topological polar surface area (TPSA) is 53.9 Å². The molecule has 1 heterocycles. The van der Waals surface area contributed by atoms with E-state index in [-0.39, 0.29) is 23.7 Å². The predicted molar refractivity (Wildman–Crippen MR) is 120 cm³/mol. The second kappa shape index (κ2) is 8.69. The summed E-state index contributed by atoms with van der Waals surface area (Å²) in [5.41, 5.74) is 6.41. The summed E-state index contributed by atoms with van der Waals surface area (Å²) < 4.78 is 19.9. The summed E-state index contributed by atoms with van der Waals surface area (Å²) in [4.78, 5) is 14.3. The van der Waals surface area contributed by atoms with Gasteiger partial charge in [0.15, 0.2) is 0 Å². The number of carbonyl (C=O) groups excluding carboxylic acids is 1. The first kappa shape index (κ1) is 21.6. The Balaban J connectivity index is 1.73. The zero-order chi connectivity index (χ0) is 21.9. The zero-order valence-electron chi connectivity index (χ0n) is 18.1. The van der Waals surface area contributed by atoms with Crippen LogP contribution in [0.25, 0.3) is 5.57 Å². The third-order valence-electron chi connectivity index (χ3n) is 5.33. The quantitative estimate of drug-likeness (QED) is 0.563. The lowest BCUT2D eigenvalue weighted by Gasteiger charge is -2.42. The second-order valence-electron chi connectivity index (χ2n) is 7.93. The van der Waals surface area contributed by atoms with Crippen LogP contribution >= 0.6 is 0 Å². The monoisotopic (exact) mass is 409 g/mol. The molecule has 158 valence electrons. The molecule has 5 nitrogen and oxygen atoms in total. The molecule has 0 saturated heterocycles. The van der Waals surface area contributed by atoms with E-state index >= 15 is 0 Å². The van der Waals surface area contributed by atoms with Crippen LogP contribution in [0.3, 0.4) is 0 Å². The molecule has 0 spiro atoms. The lowest BCUT2D eigenvalue weighted by Crippen LogP contribution is -2.45. The number of amides is 1. The molecule has 3 rings (SSSR count). The molecule has 1 aliphatic rings. The number of hydrogen-bond acceptors (Lipinski definition) is 4. The highest BCUT2D eigenvalue weighted by molar-refractivity contribution is 5.89. The summed E-state index contributed by atoms with van der Waals surface area (Å²) in [5.74, 6) is 0.0880. The van der Waals surface area contributed by atoms with Crippen molar-refractivity contribution in [2.24, 2.45) is 5.10 Å². The van der Waals surface area contributed by atoms with Crippen LogP contribution in [0.5, 0.6) is 5.75 Å². The third-order valence-corrected chi connectivity index (χ3v) is 5.33. The minimum absolute atomic E-state index is 0.177. The first-order valence-corrected chi connectivity index (χ1v) is 10.0. The van der Waals surface area contributed by atoms with Crippen LogP contribution in [0.4, 0.5) is 10.1 Å². The molecule has 0 atom stereocenters. The van der Waals surface area contributed by atoms with Crippen LogP contribution < -0.4 is 15.1 Å². The highest BCUT2D eigenvalue weighted by Gasteiger charge is 2.30. The lowest BCUT2D eigenvalue weighted by molar-refractivity contribution is -0.120. The fourth-order valence-corrected chi connectivity index (χ4v) is 3.93. The Morgan fingerprint density at radius 3 is 2.60 bits per heavy atom. The summed E-state index contributed by atoms with van der Waals surface area (Å²) in [6, 6.07) is 10.6. The van der Waals surface area contributed by atoms with Gasteiger partial charge in [0.1, 0.15) is 11.6 Å². The predicted octanol–water partition coefficient (Wildman–Crippen LogP) is 4.55. The number of methoxy groups -OCH3 is 1. The first-order chi connectivity index (χ1) is 14.2. The zero-order valence-corrected chi connectivity index (χ0v) is 18.1. The van der Waals surface area contributed by atoms with Crippen molar-refractivity contribution in [2.45, 2.75) is 39.7 Å². The standard InChI is InChI=1S/C24H28FN3O2/c1-6-28-22-13-21(25)18(12-20(22)16(2)14-24(28,3)4)15-26-27-23(29)11-17-7-9-19(30-5)10-8-17/h7-10,12-15H,6,11H2,1-5H3,(H,27,29)/b26-15+. The average molecular weight is 410 g/mol. The molecule has 1 aliphatic heterocycles. The van der Waals surface area contributed by atoms with Gasteiger partial charge in [-0.2, -0.15) is 5.10 Å². The summed E-state index contributed by atoms with van der Waals surface area (Å²) in [6.07, 6.45) is 3.72. The Labute approximate surface area is 177 Å². The normalized spacial score (nSPS) is 15.0. The summed E-state index contributed by atoms with van der Waals surface area (Å²) >= 11 is 0. The van der Waals surface area contributed by atoms with Gasteiger partial charge in [0.05, 0.1) is 25.3 Å². The van der Waals surface area contributed by atoms with Crippen LogP contribution in [0, 0.1) is 5.82 Å². The molecule has 0 fully saturated rings. The number of nitrogens with zero attached hydrogens (tertiary/aromatic N) is 2. The van der Waals surface area contributed by atoms with Crippen LogP contribution in [0.1, 0.15) is 44.4 Å². The molecule has 0 bridgehead atoms. The molecule has 1 amide bonds. The van der Waals surface area contributed by atoms with Crippen molar-refractivity contribution in [3.05, 3.63) is 65.0 Å². The summed E-state index contributed by atoms with van der Waals surface area (Å²) in [7, 11) is 1.59. The number of nitrogens with one attached hydrogen (secondary N) is 1. The number of hydrogen-bond donors (Lipinski definition) is 1. The molecule has 6 heteroatoms. The molecule has 2 aromatic carbocycles. The van der Waals surface area contributed by atoms with E-state index in [1.54, 1.807) is 31.4 Å². The van der Waals surface area contributed by atoms with Crippen LogP contribution in [-0.4, -0.2) is 31.3 Å². The highest BCUT2D eigenvalue weighted by Crippen LogP contribution is 2.39. The second-order valence-corrected chi connectivity index (χ2v) is 7.93. The van der Waals surface area contributed by atoms with Crippen molar-refractivity contribution in [1.82, 2.24) is 5.43 Å². The highest BCUT2D eigenvalue weighted by atomic mass is 19.1. The maximum atomic E-state index is 14.7. The fraction of sp³-hybridized carbons (Fsp3) is 0.333. The van der Waals surface area contributed by atoms with Crippen LogP contribution in [0.2, 0.25) is 0 Å². The molecule has 0 radical (unpaired) electrons. The number of halogens is 1. The number of benzene rings is 2. The van der Waals surface area contributed by atoms with E-state index in [0.717, 1.165) is 34.7 Å². The molecule has 2 aromatic rings. The van der Waals surface area contributed by atoms with E-state index in [1.165, 1.54) is 6.21 Å². The van der Waals surface area contributed by atoms with Gasteiger partial charge in [0, 0.05) is 23.4 Å². The minimum atomic E-state index is -0.370. The average Bonchev–Trinajstić information content (AvgIpc) is 2.69. The number of likely N-dealkylation sites (N-methyl/N-ethyl adjacent to an activating group) is 1. The van der Waals surface area contributed by atoms with E-state index in [4.69, 9.17) is 4.74 Å². The maximum absolute atomic E-state index is 14.7. The van der Waals surface area contributed by atoms with Crippen molar-refractivity contribution in [3.8, 4) is 5.75 Å². The summed E-state index contributed by atoms with van der Waals surface area (Å²) in [6.45, 7) is 9.11. The minimum Gasteiger partial charge on any atom is -0.497 e. The van der Waals surface area contributed by atoms with Crippen molar-refractivity contribution in [2.75, 3.05) is 18.6 Å².